The molecule has 1 heterocycles. The Labute approximate surface area is 155 Å². The summed E-state index contributed by atoms with van der Waals surface area (Å²) in [5.74, 6) is 2.97. The highest BCUT2D eigenvalue weighted by Gasteiger charge is 2.39. The van der Waals surface area contributed by atoms with Gasteiger partial charge in [-0.15, -0.1) is 6.42 Å². The molecule has 3 unspecified atom stereocenters. The number of hydrogen-bond donors (Lipinski definition) is 1. The van der Waals surface area contributed by atoms with Gasteiger partial charge in [0.1, 0.15) is 18.4 Å². The van der Waals surface area contributed by atoms with Gasteiger partial charge >= 0.3 is 0 Å². The Kier molecular flexibility index (Phi) is 5.00. The number of rotatable bonds is 2. The van der Waals surface area contributed by atoms with Gasteiger partial charge in [0.2, 0.25) is 5.91 Å². The van der Waals surface area contributed by atoms with Gasteiger partial charge in [-0.2, -0.15) is 0 Å². The number of hydrogen-bond acceptors (Lipinski definition) is 3. The molecule has 5 nitrogen and oxygen atoms in total. The lowest BCUT2D eigenvalue weighted by Crippen LogP contribution is -2.52. The summed E-state index contributed by atoms with van der Waals surface area (Å²) in [6.45, 7) is 2.16. The van der Waals surface area contributed by atoms with Gasteiger partial charge in [-0.05, 0) is 37.0 Å². The van der Waals surface area contributed by atoms with Crippen molar-refractivity contribution in [2.24, 2.45) is 5.92 Å². The first-order chi connectivity index (χ1) is 12.3. The van der Waals surface area contributed by atoms with Crippen molar-refractivity contribution in [3.8, 4) is 18.1 Å². The zero-order chi connectivity index (χ0) is 18.9. The van der Waals surface area contributed by atoms with Gasteiger partial charge in [-0.3, -0.25) is 9.59 Å². The number of fused-ring (bicyclic) bond motifs is 1. The van der Waals surface area contributed by atoms with Crippen LogP contribution in [-0.4, -0.2) is 39.4 Å². The quantitative estimate of drug-likeness (QED) is 0.656. The number of terminal acetylenes is 1. The minimum absolute atomic E-state index is 0.0585. The SMILES string of the molecule is [B]C1(C(=O)NC2COc3ccc(C#C)cc3N(C)C2=O)CCCC(C)C1. The lowest BCUT2D eigenvalue weighted by atomic mass is 9.57. The number of anilines is 1. The van der Waals surface area contributed by atoms with E-state index in [0.717, 1.165) is 12.8 Å². The van der Waals surface area contributed by atoms with Crippen LogP contribution in [0.1, 0.15) is 38.2 Å². The molecule has 2 radical (unpaired) electrons. The maximum atomic E-state index is 12.8. The molecular weight excluding hydrogens is 327 g/mol. The first-order valence-electron chi connectivity index (χ1n) is 8.95. The van der Waals surface area contributed by atoms with Crippen LogP contribution in [0.2, 0.25) is 5.31 Å². The summed E-state index contributed by atoms with van der Waals surface area (Å²) < 4.78 is 5.76. The average molecular weight is 350 g/mol. The van der Waals surface area contributed by atoms with Crippen LogP contribution in [0.5, 0.6) is 5.75 Å². The van der Waals surface area contributed by atoms with Gasteiger partial charge < -0.3 is 15.0 Å². The zero-order valence-corrected chi connectivity index (χ0v) is 15.2. The van der Waals surface area contributed by atoms with Crippen molar-refractivity contribution in [1.82, 2.24) is 5.32 Å². The number of carbonyl (C=O) groups excluding carboxylic acids is 2. The van der Waals surface area contributed by atoms with Crippen molar-refractivity contribution in [2.75, 3.05) is 18.6 Å². The number of amides is 2. The fourth-order valence-electron chi connectivity index (χ4n) is 3.79. The Morgan fingerprint density at radius 3 is 2.96 bits per heavy atom. The van der Waals surface area contributed by atoms with E-state index in [1.54, 1.807) is 25.2 Å². The molecule has 0 saturated heterocycles. The summed E-state index contributed by atoms with van der Waals surface area (Å²) in [5.41, 5.74) is 1.25. The van der Waals surface area contributed by atoms with Crippen LogP contribution in [0.15, 0.2) is 18.2 Å². The van der Waals surface area contributed by atoms with Crippen molar-refractivity contribution in [3.63, 3.8) is 0 Å². The van der Waals surface area contributed by atoms with Crippen molar-refractivity contribution >= 4 is 25.3 Å². The Morgan fingerprint density at radius 2 is 2.27 bits per heavy atom. The van der Waals surface area contributed by atoms with E-state index in [1.165, 1.54) is 4.90 Å². The van der Waals surface area contributed by atoms with E-state index < -0.39 is 11.4 Å². The fourth-order valence-corrected chi connectivity index (χ4v) is 3.79. The van der Waals surface area contributed by atoms with Gasteiger partial charge in [0, 0.05) is 17.9 Å². The molecule has 134 valence electrons. The lowest BCUT2D eigenvalue weighted by molar-refractivity contribution is -0.130. The normalized spacial score (nSPS) is 28.3. The Balaban J connectivity index is 1.77. The minimum atomic E-state index is -0.924. The molecule has 1 aromatic rings. The summed E-state index contributed by atoms with van der Waals surface area (Å²) in [4.78, 5) is 27.1. The Morgan fingerprint density at radius 1 is 1.50 bits per heavy atom. The van der Waals surface area contributed by atoms with E-state index in [4.69, 9.17) is 19.0 Å². The van der Waals surface area contributed by atoms with Crippen molar-refractivity contribution in [3.05, 3.63) is 23.8 Å². The highest BCUT2D eigenvalue weighted by atomic mass is 16.5. The number of benzene rings is 1. The second-order valence-electron chi connectivity index (χ2n) is 7.42. The Bertz CT molecular complexity index is 773. The second-order valence-corrected chi connectivity index (χ2v) is 7.42. The third-order valence-corrected chi connectivity index (χ3v) is 5.31. The van der Waals surface area contributed by atoms with E-state index in [-0.39, 0.29) is 18.4 Å². The summed E-state index contributed by atoms with van der Waals surface area (Å²) in [7, 11) is 8.00. The first-order valence-corrected chi connectivity index (χ1v) is 8.95. The molecule has 3 rings (SSSR count). The lowest BCUT2D eigenvalue weighted by Gasteiger charge is -2.37. The van der Waals surface area contributed by atoms with E-state index >= 15 is 0 Å². The molecule has 2 amide bonds. The number of nitrogens with zero attached hydrogens (tertiary/aromatic N) is 1. The van der Waals surface area contributed by atoms with Crippen molar-refractivity contribution in [1.29, 1.82) is 0 Å². The standard InChI is InChI=1S/C20H23BN2O3/c1-4-14-7-8-17-16(10-14)23(3)18(24)15(12-26-17)22-19(25)20(21)9-5-6-13(2)11-20/h1,7-8,10,13,15H,5-6,9,11-12H2,2-3H3,(H,22,25). The number of carbonyl (C=O) groups is 2. The minimum Gasteiger partial charge on any atom is -0.489 e. The molecule has 0 bridgehead atoms. The summed E-state index contributed by atoms with van der Waals surface area (Å²) in [5, 5.41) is 1.89. The maximum absolute atomic E-state index is 12.8. The average Bonchev–Trinajstić information content (AvgIpc) is 2.73. The van der Waals surface area contributed by atoms with E-state index in [9.17, 15) is 9.59 Å². The third kappa shape index (κ3) is 3.44. The number of ether oxygens (including phenoxy) is 1. The van der Waals surface area contributed by atoms with Gasteiger partial charge in [0.25, 0.3) is 5.91 Å². The molecule has 1 fully saturated rings. The summed E-state index contributed by atoms with van der Waals surface area (Å²) in [6, 6.07) is 4.44. The smallest absolute Gasteiger partial charge is 0.252 e. The maximum Gasteiger partial charge on any atom is 0.252 e. The second kappa shape index (κ2) is 7.07. The monoisotopic (exact) mass is 350 g/mol. The first kappa shape index (κ1) is 18.4. The zero-order valence-electron chi connectivity index (χ0n) is 15.2. The van der Waals surface area contributed by atoms with E-state index in [2.05, 4.69) is 18.2 Å². The molecule has 1 aliphatic heterocycles. The van der Waals surface area contributed by atoms with E-state index in [1.807, 2.05) is 0 Å². The van der Waals surface area contributed by atoms with Crippen LogP contribution >= 0.6 is 0 Å². The molecular formula is C20H23BN2O3. The van der Waals surface area contributed by atoms with Gasteiger partial charge in [0.15, 0.2) is 0 Å². The van der Waals surface area contributed by atoms with Gasteiger partial charge in [-0.1, -0.05) is 25.7 Å². The summed E-state index contributed by atoms with van der Waals surface area (Å²) >= 11 is 0. The van der Waals surface area contributed by atoms with Crippen LogP contribution in [-0.2, 0) is 9.59 Å². The van der Waals surface area contributed by atoms with Crippen LogP contribution in [0.25, 0.3) is 0 Å². The molecule has 0 aromatic heterocycles. The van der Waals surface area contributed by atoms with Gasteiger partial charge in [-0.25, -0.2) is 0 Å². The molecule has 2 aliphatic rings. The fraction of sp³-hybridized carbons (Fsp3) is 0.500. The largest absolute Gasteiger partial charge is 0.489 e. The molecule has 0 spiro atoms. The van der Waals surface area contributed by atoms with Crippen molar-refractivity contribution < 1.29 is 14.3 Å². The molecule has 3 atom stereocenters. The molecule has 1 aromatic carbocycles. The summed E-state index contributed by atoms with van der Waals surface area (Å²) in [6.07, 6.45) is 8.69. The van der Waals surface area contributed by atoms with Crippen LogP contribution in [0.3, 0.4) is 0 Å². The van der Waals surface area contributed by atoms with Gasteiger partial charge in [0.05, 0.1) is 13.5 Å². The highest BCUT2D eigenvalue weighted by molar-refractivity contribution is 6.28. The molecule has 1 saturated carbocycles. The predicted molar refractivity (Wildman–Crippen MR) is 101 cm³/mol. The molecule has 1 N–H and O–H groups in total. The predicted octanol–water partition coefficient (Wildman–Crippen LogP) is 2.05. The topological polar surface area (TPSA) is 58.6 Å². The molecule has 26 heavy (non-hydrogen) atoms. The van der Waals surface area contributed by atoms with Crippen LogP contribution < -0.4 is 15.0 Å². The molecule has 6 heteroatoms. The van der Waals surface area contributed by atoms with Crippen LogP contribution in [0, 0.1) is 18.3 Å². The Hall–Kier alpha value is -2.42. The highest BCUT2D eigenvalue weighted by Crippen LogP contribution is 2.43. The third-order valence-electron chi connectivity index (χ3n) is 5.31. The number of likely N-dealkylation sites (N-methyl/N-ethyl adjacent to an activating group) is 1. The molecule has 1 aliphatic carbocycles. The van der Waals surface area contributed by atoms with Crippen molar-refractivity contribution in [2.45, 2.75) is 44.0 Å². The van der Waals surface area contributed by atoms with E-state index in [0.29, 0.717) is 35.8 Å². The number of nitrogens with one attached hydrogen (secondary N) is 1. The van der Waals surface area contributed by atoms with Crippen LogP contribution in [0.4, 0.5) is 5.69 Å².